The van der Waals surface area contributed by atoms with Gasteiger partial charge in [0.25, 0.3) is 0 Å². The first-order valence-corrected chi connectivity index (χ1v) is 10.1. The normalized spacial score (nSPS) is 17.4. The number of carbonyl (C=O) groups excluding carboxylic acids is 1. The van der Waals surface area contributed by atoms with Crippen LogP contribution in [0.5, 0.6) is 0 Å². The van der Waals surface area contributed by atoms with Gasteiger partial charge in [0.2, 0.25) is 0 Å². The number of aromatic amines is 1. The number of aromatic nitrogens is 4. The minimum absolute atomic E-state index is 0.403. The molecule has 0 bridgehead atoms. The Kier molecular flexibility index (Phi) is 4.76. The molecule has 31 heavy (non-hydrogen) atoms. The number of carbonyl (C=O) groups is 1. The number of para-hydroxylation sites is 1. The maximum Gasteiger partial charge on any atom is 0.320 e. The molecule has 0 spiro atoms. The van der Waals surface area contributed by atoms with E-state index in [9.17, 15) is 9.90 Å². The van der Waals surface area contributed by atoms with Gasteiger partial charge in [-0.05, 0) is 30.2 Å². The molecule has 0 radical (unpaired) electrons. The van der Waals surface area contributed by atoms with Crippen molar-refractivity contribution in [3.8, 4) is 16.9 Å². The minimum Gasteiger partial charge on any atom is -0.390 e. The van der Waals surface area contributed by atoms with Gasteiger partial charge >= 0.3 is 6.03 Å². The molecule has 2 atom stereocenters. The molecule has 1 aliphatic carbocycles. The minimum atomic E-state index is -0.662. The number of amides is 2. The second-order valence-corrected chi connectivity index (χ2v) is 7.60. The van der Waals surface area contributed by atoms with E-state index < -0.39 is 18.2 Å². The zero-order valence-corrected chi connectivity index (χ0v) is 16.9. The van der Waals surface area contributed by atoms with Crippen molar-refractivity contribution in [2.75, 3.05) is 5.32 Å². The summed E-state index contributed by atoms with van der Waals surface area (Å²) in [5.41, 5.74) is 5.18. The fourth-order valence-corrected chi connectivity index (χ4v) is 4.09. The highest BCUT2D eigenvalue weighted by Crippen LogP contribution is 2.32. The molecular formula is C23H22N6O2. The van der Waals surface area contributed by atoms with Crippen LogP contribution in [0.1, 0.15) is 22.7 Å². The van der Waals surface area contributed by atoms with Crippen LogP contribution in [0.4, 0.5) is 10.6 Å². The van der Waals surface area contributed by atoms with E-state index in [0.29, 0.717) is 12.2 Å². The summed E-state index contributed by atoms with van der Waals surface area (Å²) >= 11 is 0. The first-order valence-electron chi connectivity index (χ1n) is 10.1. The standard InChI is InChI=1S/C23H22N6O2/c1-14-20(16-12-24-25-13-16)28-29(17-8-3-2-4-9-17)22(14)27-23(31)26-21-18-10-6-5-7-15(18)11-19(21)30/h2-10,12-13,19,21,30H,11H2,1H3,(H,24,25)(H2,26,27,31)/t19-,21-/m1/s1. The lowest BCUT2D eigenvalue weighted by atomic mass is 10.1. The van der Waals surface area contributed by atoms with Crippen molar-refractivity contribution in [2.24, 2.45) is 0 Å². The Balaban J connectivity index is 1.46. The number of urea groups is 1. The van der Waals surface area contributed by atoms with E-state index in [0.717, 1.165) is 33.6 Å². The Morgan fingerprint density at radius 2 is 1.94 bits per heavy atom. The zero-order valence-electron chi connectivity index (χ0n) is 16.9. The molecule has 0 saturated heterocycles. The molecule has 0 fully saturated rings. The highest BCUT2D eigenvalue weighted by atomic mass is 16.3. The molecule has 2 heterocycles. The molecule has 4 aromatic rings. The molecule has 156 valence electrons. The lowest BCUT2D eigenvalue weighted by Crippen LogP contribution is -2.37. The van der Waals surface area contributed by atoms with E-state index in [1.54, 1.807) is 17.1 Å². The van der Waals surface area contributed by atoms with Crippen molar-refractivity contribution in [1.82, 2.24) is 25.3 Å². The molecule has 2 aromatic heterocycles. The smallest absolute Gasteiger partial charge is 0.320 e. The van der Waals surface area contributed by atoms with Crippen molar-refractivity contribution >= 4 is 11.8 Å². The fraction of sp³-hybridized carbons (Fsp3) is 0.174. The number of H-pyrrole nitrogens is 1. The van der Waals surface area contributed by atoms with Gasteiger partial charge in [0, 0.05) is 23.7 Å². The van der Waals surface area contributed by atoms with Crippen LogP contribution in [0.15, 0.2) is 67.0 Å². The number of hydrogen-bond acceptors (Lipinski definition) is 4. The van der Waals surface area contributed by atoms with Crippen LogP contribution in [0.25, 0.3) is 16.9 Å². The van der Waals surface area contributed by atoms with Gasteiger partial charge in [0.1, 0.15) is 11.5 Å². The molecule has 8 nitrogen and oxygen atoms in total. The predicted molar refractivity (Wildman–Crippen MR) is 117 cm³/mol. The van der Waals surface area contributed by atoms with Crippen LogP contribution in [-0.4, -0.2) is 37.2 Å². The predicted octanol–water partition coefficient (Wildman–Crippen LogP) is 3.35. The topological polar surface area (TPSA) is 108 Å². The van der Waals surface area contributed by atoms with Gasteiger partial charge in [-0.2, -0.15) is 10.2 Å². The van der Waals surface area contributed by atoms with E-state index in [2.05, 4.69) is 20.8 Å². The van der Waals surface area contributed by atoms with Crippen LogP contribution in [0.2, 0.25) is 0 Å². The van der Waals surface area contributed by atoms with Crippen molar-refractivity contribution < 1.29 is 9.90 Å². The first kappa shape index (κ1) is 19.1. The van der Waals surface area contributed by atoms with Gasteiger partial charge in [-0.25, -0.2) is 9.48 Å². The van der Waals surface area contributed by atoms with Gasteiger partial charge in [0.05, 0.1) is 24.0 Å². The summed E-state index contributed by atoms with van der Waals surface area (Å²) < 4.78 is 1.70. The van der Waals surface area contributed by atoms with E-state index in [4.69, 9.17) is 5.10 Å². The Morgan fingerprint density at radius 3 is 2.71 bits per heavy atom. The van der Waals surface area contributed by atoms with Crippen molar-refractivity contribution in [3.05, 3.63) is 83.7 Å². The summed E-state index contributed by atoms with van der Waals surface area (Å²) in [5, 5.41) is 27.9. The molecule has 2 aromatic carbocycles. The summed E-state index contributed by atoms with van der Waals surface area (Å²) in [6, 6.07) is 16.5. The number of benzene rings is 2. The Labute approximate surface area is 178 Å². The Hall–Kier alpha value is -3.91. The molecule has 2 amide bonds. The fourth-order valence-electron chi connectivity index (χ4n) is 4.09. The van der Waals surface area contributed by atoms with E-state index >= 15 is 0 Å². The summed E-state index contributed by atoms with van der Waals surface area (Å²) in [7, 11) is 0. The van der Waals surface area contributed by atoms with Crippen molar-refractivity contribution in [1.29, 1.82) is 0 Å². The maximum absolute atomic E-state index is 13.0. The SMILES string of the molecule is Cc1c(-c2cn[nH]c2)nn(-c2ccccc2)c1NC(=O)N[C@@H]1c2ccccc2C[C@H]1O. The number of anilines is 1. The lowest BCUT2D eigenvalue weighted by molar-refractivity contribution is 0.144. The second-order valence-electron chi connectivity index (χ2n) is 7.60. The number of fused-ring (bicyclic) bond motifs is 1. The van der Waals surface area contributed by atoms with E-state index in [-0.39, 0.29) is 0 Å². The van der Waals surface area contributed by atoms with Crippen LogP contribution in [0.3, 0.4) is 0 Å². The van der Waals surface area contributed by atoms with Crippen LogP contribution in [-0.2, 0) is 6.42 Å². The van der Waals surface area contributed by atoms with Gasteiger partial charge in [-0.3, -0.25) is 10.4 Å². The number of aliphatic hydroxyl groups is 1. The third-order valence-corrected chi connectivity index (χ3v) is 5.62. The number of nitrogens with zero attached hydrogens (tertiary/aromatic N) is 3. The second kappa shape index (κ2) is 7.73. The molecule has 4 N–H and O–H groups in total. The molecular weight excluding hydrogens is 392 g/mol. The third kappa shape index (κ3) is 3.47. The summed E-state index contributed by atoms with van der Waals surface area (Å²) in [6.45, 7) is 1.91. The highest BCUT2D eigenvalue weighted by molar-refractivity contribution is 5.91. The van der Waals surface area contributed by atoms with Crippen molar-refractivity contribution in [3.63, 3.8) is 0 Å². The molecule has 1 aliphatic rings. The summed E-state index contributed by atoms with van der Waals surface area (Å²) in [6.07, 6.45) is 3.32. The summed E-state index contributed by atoms with van der Waals surface area (Å²) in [5.74, 6) is 0.556. The number of hydrogen-bond donors (Lipinski definition) is 4. The molecule has 0 unspecified atom stereocenters. The average Bonchev–Trinajstić information content (AvgIpc) is 3.49. The highest BCUT2D eigenvalue weighted by Gasteiger charge is 2.32. The molecule has 0 aliphatic heterocycles. The van der Waals surface area contributed by atoms with E-state index in [1.165, 1.54) is 0 Å². The largest absolute Gasteiger partial charge is 0.390 e. The third-order valence-electron chi connectivity index (χ3n) is 5.62. The molecule has 0 saturated carbocycles. The lowest BCUT2D eigenvalue weighted by Gasteiger charge is -2.19. The average molecular weight is 414 g/mol. The van der Waals surface area contributed by atoms with Gasteiger partial charge in [-0.15, -0.1) is 0 Å². The summed E-state index contributed by atoms with van der Waals surface area (Å²) in [4.78, 5) is 13.0. The van der Waals surface area contributed by atoms with Gasteiger partial charge < -0.3 is 10.4 Å². The van der Waals surface area contributed by atoms with Crippen LogP contribution in [0, 0.1) is 6.92 Å². The Bertz CT molecular complexity index is 1220. The van der Waals surface area contributed by atoms with Crippen LogP contribution < -0.4 is 10.6 Å². The monoisotopic (exact) mass is 414 g/mol. The van der Waals surface area contributed by atoms with E-state index in [1.807, 2.05) is 61.5 Å². The van der Waals surface area contributed by atoms with Gasteiger partial charge in [0.15, 0.2) is 0 Å². The number of aliphatic hydroxyl groups excluding tert-OH is 1. The van der Waals surface area contributed by atoms with Crippen LogP contribution >= 0.6 is 0 Å². The zero-order chi connectivity index (χ0) is 21.4. The maximum atomic E-state index is 13.0. The Morgan fingerprint density at radius 1 is 1.16 bits per heavy atom. The quantitative estimate of drug-likeness (QED) is 0.411. The first-order chi connectivity index (χ1) is 15.1. The van der Waals surface area contributed by atoms with Crippen molar-refractivity contribution in [2.45, 2.75) is 25.5 Å². The van der Waals surface area contributed by atoms with Gasteiger partial charge in [-0.1, -0.05) is 42.5 Å². The molecule has 5 rings (SSSR count). The molecule has 8 heteroatoms. The number of nitrogens with one attached hydrogen (secondary N) is 3. The number of rotatable bonds is 4.